The van der Waals surface area contributed by atoms with E-state index in [1.807, 2.05) is 19.0 Å². The number of hydrogen-bond donors (Lipinski definition) is 1. The minimum atomic E-state index is -0.283. The predicted molar refractivity (Wildman–Crippen MR) is 81.0 cm³/mol. The molecule has 0 aliphatic rings. The average Bonchev–Trinajstić information content (AvgIpc) is 2.36. The third kappa shape index (κ3) is 5.17. The van der Waals surface area contributed by atoms with E-state index in [1.54, 1.807) is 22.9 Å². The maximum Gasteiger partial charge on any atom is 0.263 e. The van der Waals surface area contributed by atoms with E-state index in [4.69, 9.17) is 0 Å². The largest absolute Gasteiger partial charge is 0.352 e. The first-order valence-electron chi connectivity index (χ1n) is 7.04. The fourth-order valence-corrected chi connectivity index (χ4v) is 1.76. The maximum atomic E-state index is 12.2. The highest BCUT2D eigenvalue weighted by molar-refractivity contribution is 5.93. The molecule has 1 aromatic rings. The van der Waals surface area contributed by atoms with Crippen molar-refractivity contribution >= 4 is 5.91 Å². The van der Waals surface area contributed by atoms with Crippen LogP contribution in [0, 0.1) is 5.92 Å². The van der Waals surface area contributed by atoms with Crippen molar-refractivity contribution in [2.75, 3.05) is 27.2 Å². The number of nitrogens with one attached hydrogen (secondary N) is 1. The molecule has 0 aliphatic carbocycles. The fourth-order valence-electron chi connectivity index (χ4n) is 1.76. The van der Waals surface area contributed by atoms with Crippen LogP contribution in [0.25, 0.3) is 0 Å². The van der Waals surface area contributed by atoms with Gasteiger partial charge in [-0.15, -0.1) is 0 Å². The van der Waals surface area contributed by atoms with Gasteiger partial charge in [0.2, 0.25) is 0 Å². The van der Waals surface area contributed by atoms with Crippen LogP contribution in [0.5, 0.6) is 0 Å². The molecule has 112 valence electrons. The molecule has 1 aromatic heterocycles. The maximum absolute atomic E-state index is 12.2. The number of rotatable bonds is 7. The monoisotopic (exact) mass is 279 g/mol. The van der Waals surface area contributed by atoms with Crippen molar-refractivity contribution in [1.82, 2.24) is 14.8 Å². The number of pyridine rings is 1. The number of amides is 1. The molecule has 0 saturated heterocycles. The standard InChI is InChI=1S/C15H25N3O2/c1-12(2)7-8-16-14(19)13-6-5-9-18(15(13)20)11-10-17(3)4/h5-6,9,12H,7-8,10-11H2,1-4H3,(H,16,19). The Balaban J connectivity index is 2.72. The molecule has 20 heavy (non-hydrogen) atoms. The summed E-state index contributed by atoms with van der Waals surface area (Å²) in [5.41, 5.74) is -0.00795. The molecule has 0 atom stereocenters. The van der Waals surface area contributed by atoms with Gasteiger partial charge < -0.3 is 14.8 Å². The Labute approximate surface area is 120 Å². The van der Waals surface area contributed by atoms with Crippen molar-refractivity contribution < 1.29 is 4.79 Å². The van der Waals surface area contributed by atoms with Crippen molar-refractivity contribution in [2.24, 2.45) is 5.92 Å². The first-order chi connectivity index (χ1) is 9.41. The molecule has 5 nitrogen and oxygen atoms in total. The van der Waals surface area contributed by atoms with Crippen LogP contribution in [-0.2, 0) is 6.54 Å². The molecular weight excluding hydrogens is 254 g/mol. The van der Waals surface area contributed by atoms with E-state index < -0.39 is 0 Å². The summed E-state index contributed by atoms with van der Waals surface area (Å²) in [6.45, 7) is 6.14. The smallest absolute Gasteiger partial charge is 0.263 e. The molecule has 0 bridgehead atoms. The second-order valence-corrected chi connectivity index (χ2v) is 5.66. The van der Waals surface area contributed by atoms with Crippen LogP contribution in [0.15, 0.2) is 23.1 Å². The lowest BCUT2D eigenvalue weighted by molar-refractivity contribution is 0.0950. The van der Waals surface area contributed by atoms with Crippen LogP contribution in [0.4, 0.5) is 0 Å². The normalized spacial score (nSPS) is 11.1. The molecule has 0 aromatic carbocycles. The van der Waals surface area contributed by atoms with Gasteiger partial charge in [-0.05, 0) is 38.6 Å². The van der Waals surface area contributed by atoms with E-state index in [9.17, 15) is 9.59 Å². The quantitative estimate of drug-likeness (QED) is 0.815. The molecule has 0 saturated carbocycles. The number of hydrogen-bond acceptors (Lipinski definition) is 3. The van der Waals surface area contributed by atoms with Gasteiger partial charge in [0.05, 0.1) is 0 Å². The zero-order valence-corrected chi connectivity index (χ0v) is 12.8. The molecule has 1 N–H and O–H groups in total. The van der Waals surface area contributed by atoms with E-state index in [1.165, 1.54) is 0 Å². The number of nitrogens with zero attached hydrogens (tertiary/aromatic N) is 2. The lowest BCUT2D eigenvalue weighted by atomic mass is 10.1. The third-order valence-corrected chi connectivity index (χ3v) is 3.06. The van der Waals surface area contributed by atoms with E-state index in [0.717, 1.165) is 13.0 Å². The van der Waals surface area contributed by atoms with Crippen LogP contribution in [0.2, 0.25) is 0 Å². The third-order valence-electron chi connectivity index (χ3n) is 3.06. The Morgan fingerprint density at radius 2 is 2.10 bits per heavy atom. The van der Waals surface area contributed by atoms with Crippen molar-refractivity contribution in [3.63, 3.8) is 0 Å². The van der Waals surface area contributed by atoms with Gasteiger partial charge in [0.1, 0.15) is 5.56 Å². The number of aromatic nitrogens is 1. The van der Waals surface area contributed by atoms with Crippen molar-refractivity contribution in [3.05, 3.63) is 34.2 Å². The Morgan fingerprint density at radius 1 is 1.40 bits per heavy atom. The van der Waals surface area contributed by atoms with Gasteiger partial charge in [-0.1, -0.05) is 13.8 Å². The van der Waals surface area contributed by atoms with E-state index in [2.05, 4.69) is 19.2 Å². The van der Waals surface area contributed by atoms with Crippen LogP contribution in [0.1, 0.15) is 30.6 Å². The number of likely N-dealkylation sites (N-methyl/N-ethyl adjacent to an activating group) is 1. The molecule has 0 unspecified atom stereocenters. The van der Waals surface area contributed by atoms with Gasteiger partial charge in [0.25, 0.3) is 11.5 Å². The average molecular weight is 279 g/mol. The minimum Gasteiger partial charge on any atom is -0.352 e. The summed E-state index contributed by atoms with van der Waals surface area (Å²) in [5, 5.41) is 2.80. The zero-order valence-electron chi connectivity index (χ0n) is 12.8. The highest BCUT2D eigenvalue weighted by Gasteiger charge is 2.11. The summed E-state index contributed by atoms with van der Waals surface area (Å²) < 4.78 is 1.58. The van der Waals surface area contributed by atoms with Gasteiger partial charge in [-0.2, -0.15) is 0 Å². The Hall–Kier alpha value is -1.62. The molecule has 1 heterocycles. The summed E-state index contributed by atoms with van der Waals surface area (Å²) >= 11 is 0. The highest BCUT2D eigenvalue weighted by atomic mass is 16.2. The van der Waals surface area contributed by atoms with Crippen molar-refractivity contribution in [3.8, 4) is 0 Å². The van der Waals surface area contributed by atoms with E-state index in [-0.39, 0.29) is 17.0 Å². The molecule has 0 aliphatic heterocycles. The summed E-state index contributed by atoms with van der Waals surface area (Å²) in [6, 6.07) is 3.33. The first-order valence-corrected chi connectivity index (χ1v) is 7.04. The minimum absolute atomic E-state index is 0.218. The van der Waals surface area contributed by atoms with Gasteiger partial charge in [-0.3, -0.25) is 9.59 Å². The molecule has 1 rings (SSSR count). The summed E-state index contributed by atoms with van der Waals surface area (Å²) in [6.07, 6.45) is 2.63. The van der Waals surface area contributed by atoms with Gasteiger partial charge >= 0.3 is 0 Å². The van der Waals surface area contributed by atoms with E-state index in [0.29, 0.717) is 19.0 Å². The molecule has 0 radical (unpaired) electrons. The summed E-state index contributed by atoms with van der Waals surface area (Å²) in [7, 11) is 3.90. The summed E-state index contributed by atoms with van der Waals surface area (Å²) in [5.74, 6) is 0.248. The SMILES string of the molecule is CC(C)CCNC(=O)c1cccn(CCN(C)C)c1=O. The lowest BCUT2D eigenvalue weighted by Crippen LogP contribution is -2.34. The first kappa shape index (κ1) is 16.4. The second kappa shape index (κ2) is 7.85. The number of carbonyl (C=O) groups excluding carboxylic acids is 1. The Morgan fingerprint density at radius 3 is 2.70 bits per heavy atom. The fraction of sp³-hybridized carbons (Fsp3) is 0.600. The van der Waals surface area contributed by atoms with Crippen molar-refractivity contribution in [1.29, 1.82) is 0 Å². The summed E-state index contributed by atoms with van der Waals surface area (Å²) in [4.78, 5) is 26.2. The van der Waals surface area contributed by atoms with Gasteiger partial charge in [0.15, 0.2) is 0 Å². The van der Waals surface area contributed by atoms with Crippen molar-refractivity contribution in [2.45, 2.75) is 26.8 Å². The number of carbonyl (C=O) groups is 1. The van der Waals surface area contributed by atoms with Gasteiger partial charge in [0, 0.05) is 25.8 Å². The van der Waals surface area contributed by atoms with E-state index >= 15 is 0 Å². The van der Waals surface area contributed by atoms with Crippen LogP contribution in [0.3, 0.4) is 0 Å². The van der Waals surface area contributed by atoms with Crippen LogP contribution < -0.4 is 10.9 Å². The topological polar surface area (TPSA) is 54.3 Å². The second-order valence-electron chi connectivity index (χ2n) is 5.66. The van der Waals surface area contributed by atoms with Crippen LogP contribution >= 0.6 is 0 Å². The molecule has 1 amide bonds. The predicted octanol–water partition coefficient (Wildman–Crippen LogP) is 1.19. The van der Waals surface area contributed by atoms with Crippen LogP contribution in [-0.4, -0.2) is 42.6 Å². The molecule has 0 spiro atoms. The highest BCUT2D eigenvalue weighted by Crippen LogP contribution is 1.98. The molecule has 5 heteroatoms. The lowest BCUT2D eigenvalue weighted by Gasteiger charge is -2.12. The molecule has 0 fully saturated rings. The zero-order chi connectivity index (χ0) is 15.1. The Bertz CT molecular complexity index is 492. The van der Waals surface area contributed by atoms with Gasteiger partial charge in [-0.25, -0.2) is 0 Å². The molecular formula is C15H25N3O2. The Kier molecular flexibility index (Phi) is 6.45.